The molecule has 0 radical (unpaired) electrons. The van der Waals surface area contributed by atoms with Gasteiger partial charge < -0.3 is 24.8 Å². The summed E-state index contributed by atoms with van der Waals surface area (Å²) in [5, 5.41) is 0. The third-order valence-electron chi connectivity index (χ3n) is 3.27. The molecule has 0 amide bonds. The van der Waals surface area contributed by atoms with E-state index in [4.69, 9.17) is 0 Å². The van der Waals surface area contributed by atoms with E-state index in [0.717, 1.165) is 18.5 Å². The summed E-state index contributed by atoms with van der Waals surface area (Å²) in [7, 11) is 0. The van der Waals surface area contributed by atoms with Gasteiger partial charge >= 0.3 is 36.8 Å². The maximum atomic E-state index is 11.7. The average Bonchev–Trinajstić information content (AvgIpc) is 3.06. The molecule has 0 saturated heterocycles. The Morgan fingerprint density at radius 3 is 2.26 bits per heavy atom. The quantitative estimate of drug-likeness (QED) is 0.310. The van der Waals surface area contributed by atoms with Crippen molar-refractivity contribution < 1.29 is 55.0 Å². The zero-order valence-corrected chi connectivity index (χ0v) is 18.4. The van der Waals surface area contributed by atoms with Gasteiger partial charge in [-0.15, -0.1) is 0 Å². The van der Waals surface area contributed by atoms with Gasteiger partial charge in [0.25, 0.3) is 0 Å². The van der Waals surface area contributed by atoms with Gasteiger partial charge in [0.05, 0.1) is 5.69 Å². The molecule has 2 aliphatic carbocycles. The number of halogens is 3. The van der Waals surface area contributed by atoms with Crippen molar-refractivity contribution in [1.29, 1.82) is 0 Å². The molecule has 0 unspecified atom stereocenters. The predicted molar refractivity (Wildman–Crippen MR) is 81.2 cm³/mol. The summed E-state index contributed by atoms with van der Waals surface area (Å²) >= 11 is 0. The number of pyridine rings is 1. The number of rotatable bonds is 0. The number of hydrogen-bond donors (Lipinski definition) is 0. The molecular weight excluding hydrogens is 515 g/mol. The molecule has 1 aromatic carbocycles. The summed E-state index contributed by atoms with van der Waals surface area (Å²) in [5.41, 5.74) is 5.22. The summed E-state index contributed by atoms with van der Waals surface area (Å²) < 4.78 is 11.7. The molecule has 0 fully saturated rings. The van der Waals surface area contributed by atoms with Crippen molar-refractivity contribution in [2.24, 2.45) is 0 Å². The Hall–Kier alpha value is -0.553. The van der Waals surface area contributed by atoms with Gasteiger partial charge in [-0.05, 0) is 35.8 Å². The Labute approximate surface area is 172 Å². The second kappa shape index (κ2) is 11.9. The van der Waals surface area contributed by atoms with Crippen LogP contribution in [0.1, 0.15) is 17.5 Å². The number of nitrogens with zero attached hydrogens (tertiary/aromatic N) is 1. The molecule has 4 rings (SSSR count). The fourth-order valence-corrected chi connectivity index (χ4v) is 2.36. The van der Waals surface area contributed by atoms with E-state index in [9.17, 15) is 4.39 Å². The van der Waals surface area contributed by atoms with Gasteiger partial charge in [-0.3, -0.25) is 4.98 Å². The average molecular weight is 529 g/mol. The second-order valence-electron chi connectivity index (χ2n) is 4.57. The number of hydrogen-bond acceptors (Lipinski definition) is 1. The molecule has 0 spiro atoms. The van der Waals surface area contributed by atoms with Crippen molar-refractivity contribution in [2.75, 3.05) is 0 Å². The van der Waals surface area contributed by atoms with Gasteiger partial charge in [-0.25, -0.2) is 4.39 Å². The molecule has 6 heteroatoms. The Balaban J connectivity index is 0. The first-order chi connectivity index (χ1) is 9.34. The topological polar surface area (TPSA) is 12.9 Å². The maximum absolute atomic E-state index is 11.7. The van der Waals surface area contributed by atoms with Crippen LogP contribution < -0.4 is 24.8 Å². The minimum atomic E-state index is -0.102. The van der Waals surface area contributed by atoms with Crippen molar-refractivity contribution in [3.05, 3.63) is 77.8 Å². The summed E-state index contributed by atoms with van der Waals surface area (Å²) in [6.45, 7) is 0. The number of allylic oxidation sites excluding steroid dienone is 4. The van der Waals surface area contributed by atoms with Crippen molar-refractivity contribution in [1.82, 2.24) is 4.98 Å². The van der Waals surface area contributed by atoms with Gasteiger partial charge in [0.15, 0.2) is 0 Å². The normalized spacial score (nSPS) is 11.8. The molecule has 2 aliphatic rings. The van der Waals surface area contributed by atoms with E-state index in [1.54, 1.807) is 12.2 Å². The van der Waals surface area contributed by atoms with E-state index in [0.29, 0.717) is 0 Å². The van der Waals surface area contributed by atoms with Crippen molar-refractivity contribution >= 4 is 11.0 Å². The zero-order valence-electron chi connectivity index (χ0n) is 12.3. The molecule has 1 aromatic heterocycles. The van der Waals surface area contributed by atoms with Gasteiger partial charge in [-0.2, -0.15) is 0 Å². The van der Waals surface area contributed by atoms with Crippen LogP contribution in [0.3, 0.4) is 0 Å². The fraction of sp³-hybridized carbons (Fsp3) is 0.118. The van der Waals surface area contributed by atoms with Crippen LogP contribution in [0, 0.1) is 0 Å². The van der Waals surface area contributed by atoms with Gasteiger partial charge in [-0.1, -0.05) is 36.4 Å². The van der Waals surface area contributed by atoms with E-state index in [1.807, 2.05) is 12.3 Å². The minimum absolute atomic E-state index is 0. The van der Waals surface area contributed by atoms with Crippen LogP contribution in [0.4, 0.5) is 4.39 Å². The van der Waals surface area contributed by atoms with Crippen molar-refractivity contribution in [3.8, 4) is 11.3 Å². The van der Waals surface area contributed by atoms with Crippen LogP contribution >= 0.6 is 0 Å². The molecular formula is C17H14Cl2FHfNSi+6. The second-order valence-corrected chi connectivity index (χ2v) is 4.57. The molecule has 2 aromatic rings. The first kappa shape index (κ1) is 24.7. The van der Waals surface area contributed by atoms with Gasteiger partial charge in [0, 0.05) is 18.2 Å². The Morgan fingerprint density at radius 1 is 0.957 bits per heavy atom. The summed E-state index contributed by atoms with van der Waals surface area (Å²) in [6, 6.07) is 12.6. The van der Waals surface area contributed by atoms with E-state index in [2.05, 4.69) is 35.3 Å². The molecule has 1 heterocycles. The van der Waals surface area contributed by atoms with E-state index in [-0.39, 0.29) is 67.4 Å². The van der Waals surface area contributed by atoms with Crippen LogP contribution in [0.2, 0.25) is 0 Å². The van der Waals surface area contributed by atoms with E-state index in [1.165, 1.54) is 22.8 Å². The van der Waals surface area contributed by atoms with E-state index >= 15 is 0 Å². The maximum Gasteiger partial charge on any atom is 4.00 e. The first-order valence-corrected chi connectivity index (χ1v) is 6.39. The fourth-order valence-electron chi connectivity index (χ4n) is 2.36. The van der Waals surface area contributed by atoms with E-state index < -0.39 is 0 Å². The number of benzene rings is 1. The van der Waals surface area contributed by atoms with Gasteiger partial charge in [0.1, 0.15) is 5.83 Å². The Kier molecular flexibility index (Phi) is 12.8. The largest absolute Gasteiger partial charge is 4.00 e. The molecule has 1 nitrogen and oxygen atoms in total. The third-order valence-corrected chi connectivity index (χ3v) is 3.27. The predicted octanol–water partition coefficient (Wildman–Crippen LogP) is -1.92. The molecule has 0 aliphatic heterocycles. The van der Waals surface area contributed by atoms with Crippen LogP contribution in [-0.4, -0.2) is 15.9 Å². The summed E-state index contributed by atoms with van der Waals surface area (Å²) in [6.07, 6.45) is 8.47. The number of aromatic nitrogens is 1. The zero-order chi connectivity index (χ0) is 13.1. The SMILES string of the molecule is FC1=CCC=C1.[Cl-].[Cl-].[Hf+4].[Si+4].c1ccc2c(c1)Cc1cccnc1-2. The van der Waals surface area contributed by atoms with Crippen LogP contribution in [0.5, 0.6) is 0 Å². The smallest absolute Gasteiger partial charge is 1.00 e. The summed E-state index contributed by atoms with van der Waals surface area (Å²) in [5.74, 6) is -0.102. The standard InChI is InChI=1S/C12H9N.C5H5F.2ClH.Hf.Si/c1-2-6-11-9(4-1)8-10-5-3-7-13-12(10)11;6-5-3-1-2-4-5;;;;/h1-7H,8H2;1,3-4H,2H2;2*1H;;/q;;;;2*+4/p-2. The van der Waals surface area contributed by atoms with Gasteiger partial charge in [0.2, 0.25) is 0 Å². The molecule has 0 N–H and O–H groups in total. The molecule has 23 heavy (non-hydrogen) atoms. The van der Waals surface area contributed by atoms with Crippen LogP contribution in [-0.2, 0) is 32.3 Å². The third kappa shape index (κ3) is 6.11. The Bertz CT molecular complexity index is 631. The summed E-state index contributed by atoms with van der Waals surface area (Å²) in [4.78, 5) is 4.40. The van der Waals surface area contributed by atoms with Crippen molar-refractivity contribution in [3.63, 3.8) is 0 Å². The number of fused-ring (bicyclic) bond motifs is 3. The molecule has 0 atom stereocenters. The minimum Gasteiger partial charge on any atom is -1.00 e. The molecule has 110 valence electrons. The van der Waals surface area contributed by atoms with Crippen LogP contribution in [0.25, 0.3) is 11.3 Å². The van der Waals surface area contributed by atoms with Crippen LogP contribution in [0.15, 0.2) is 66.6 Å². The first-order valence-electron chi connectivity index (χ1n) is 6.39. The monoisotopic (exact) mass is 529 g/mol. The molecule has 0 saturated carbocycles. The van der Waals surface area contributed by atoms with Crippen molar-refractivity contribution in [2.45, 2.75) is 12.8 Å². The Morgan fingerprint density at radius 2 is 1.65 bits per heavy atom. The molecule has 0 bridgehead atoms.